The zero-order valence-electron chi connectivity index (χ0n) is 14.2. The molecule has 0 spiro atoms. The minimum atomic E-state index is -0.484. The van der Waals surface area contributed by atoms with E-state index in [-0.39, 0.29) is 16.9 Å². The first-order chi connectivity index (χ1) is 12.8. The van der Waals surface area contributed by atoms with Crippen molar-refractivity contribution in [3.05, 3.63) is 84.9 Å². The summed E-state index contributed by atoms with van der Waals surface area (Å²) < 4.78 is 10.7. The lowest BCUT2D eigenvalue weighted by molar-refractivity contribution is -0.143. The maximum atomic E-state index is 11.6. The Morgan fingerprint density at radius 3 is 1.81 bits per heavy atom. The van der Waals surface area contributed by atoms with Crippen LogP contribution in [0, 0.1) is 0 Å². The molecule has 4 rings (SSSR count). The molecule has 3 aromatic carbocycles. The summed E-state index contributed by atoms with van der Waals surface area (Å²) >= 11 is 0. The molecule has 1 fully saturated rings. The highest BCUT2D eigenvalue weighted by atomic mass is 32.2. The van der Waals surface area contributed by atoms with E-state index in [1.54, 1.807) is 0 Å². The minimum absolute atomic E-state index is 0.181. The number of hydrogen-bond acceptors (Lipinski definition) is 3. The first kappa shape index (κ1) is 16.7. The smallest absolute Gasteiger partial charge is 0.347 e. The summed E-state index contributed by atoms with van der Waals surface area (Å²) in [6.45, 7) is 0.438. The lowest BCUT2D eigenvalue weighted by Gasteiger charge is -2.11. The second-order valence-corrected chi connectivity index (χ2v) is 7.99. The van der Waals surface area contributed by atoms with Crippen LogP contribution >= 0.6 is 0 Å². The second kappa shape index (κ2) is 7.67. The van der Waals surface area contributed by atoms with Gasteiger partial charge in [-0.25, -0.2) is 4.79 Å². The highest BCUT2D eigenvalue weighted by Gasteiger charge is 2.30. The summed E-state index contributed by atoms with van der Waals surface area (Å²) in [5, 5.41) is 0. The van der Waals surface area contributed by atoms with E-state index in [9.17, 15) is 4.79 Å². The first-order valence-electron chi connectivity index (χ1n) is 8.59. The Kier molecular flexibility index (Phi) is 4.93. The van der Waals surface area contributed by atoms with Gasteiger partial charge in [0.2, 0.25) is 0 Å². The van der Waals surface area contributed by atoms with Crippen LogP contribution in [-0.2, 0) is 20.4 Å². The molecular weight excluding hydrogens is 344 g/mol. The second-order valence-electron chi connectivity index (χ2n) is 5.97. The van der Waals surface area contributed by atoms with Gasteiger partial charge in [0.25, 0.3) is 0 Å². The Hall–Kier alpha value is -2.72. The van der Waals surface area contributed by atoms with Gasteiger partial charge in [-0.05, 0) is 48.5 Å². The van der Waals surface area contributed by atoms with Crippen LogP contribution in [0.25, 0.3) is 0 Å². The summed E-state index contributed by atoms with van der Waals surface area (Å²) in [7, 11) is -0.181. The number of carbonyl (C=O) groups excluding carboxylic acids is 1. The van der Waals surface area contributed by atoms with Crippen molar-refractivity contribution in [2.24, 2.45) is 0 Å². The van der Waals surface area contributed by atoms with Crippen LogP contribution in [0.5, 0.6) is 5.75 Å². The van der Waals surface area contributed by atoms with E-state index in [0.29, 0.717) is 18.8 Å². The van der Waals surface area contributed by atoms with Gasteiger partial charge in [0.1, 0.15) is 5.75 Å². The lowest BCUT2D eigenvalue weighted by atomic mass is 10.3. The van der Waals surface area contributed by atoms with E-state index in [2.05, 4.69) is 60.7 Å². The SMILES string of the molecule is O=C1OCCC1Oc1ccc([S+](c2ccccc2)c2ccccc2)cc1. The Labute approximate surface area is 155 Å². The van der Waals surface area contributed by atoms with Crippen molar-refractivity contribution in [3.8, 4) is 5.75 Å². The molecule has 26 heavy (non-hydrogen) atoms. The zero-order chi connectivity index (χ0) is 17.8. The van der Waals surface area contributed by atoms with Crippen molar-refractivity contribution in [3.63, 3.8) is 0 Å². The number of esters is 1. The number of carbonyl (C=O) groups is 1. The topological polar surface area (TPSA) is 35.5 Å². The molecule has 1 heterocycles. The van der Waals surface area contributed by atoms with Gasteiger partial charge in [0, 0.05) is 6.42 Å². The summed E-state index contributed by atoms with van der Waals surface area (Å²) in [5.41, 5.74) is 0. The first-order valence-corrected chi connectivity index (χ1v) is 9.81. The number of benzene rings is 3. The van der Waals surface area contributed by atoms with Gasteiger partial charge < -0.3 is 9.47 Å². The van der Waals surface area contributed by atoms with E-state index in [0.717, 1.165) is 0 Å². The monoisotopic (exact) mass is 363 g/mol. The Bertz CT molecular complexity index is 823. The molecule has 3 aromatic rings. The third kappa shape index (κ3) is 3.60. The third-order valence-electron chi connectivity index (χ3n) is 4.18. The average molecular weight is 363 g/mol. The van der Waals surface area contributed by atoms with Crippen LogP contribution in [0.1, 0.15) is 6.42 Å². The van der Waals surface area contributed by atoms with Gasteiger partial charge >= 0.3 is 5.97 Å². The fraction of sp³-hybridized carbons (Fsp3) is 0.136. The molecule has 1 unspecified atom stereocenters. The van der Waals surface area contributed by atoms with E-state index in [4.69, 9.17) is 9.47 Å². The fourth-order valence-electron chi connectivity index (χ4n) is 2.92. The van der Waals surface area contributed by atoms with E-state index < -0.39 is 6.10 Å². The van der Waals surface area contributed by atoms with Crippen LogP contribution in [-0.4, -0.2) is 18.7 Å². The standard InChI is InChI=1S/C22H19O3S/c23-22-21(15-16-24-22)25-17-11-13-20(14-12-17)26(18-7-3-1-4-8-18)19-9-5-2-6-10-19/h1-14,21H,15-16H2/q+1. The van der Waals surface area contributed by atoms with E-state index >= 15 is 0 Å². The summed E-state index contributed by atoms with van der Waals surface area (Å²) in [6.07, 6.45) is 0.126. The van der Waals surface area contributed by atoms with Gasteiger partial charge in [-0.1, -0.05) is 36.4 Å². The summed E-state index contributed by atoms with van der Waals surface area (Å²) in [5.74, 6) is 0.421. The maximum absolute atomic E-state index is 11.6. The number of ether oxygens (including phenoxy) is 2. The van der Waals surface area contributed by atoms with Crippen molar-refractivity contribution in [2.75, 3.05) is 6.61 Å². The molecule has 130 valence electrons. The zero-order valence-corrected chi connectivity index (χ0v) is 15.0. The Balaban J connectivity index is 1.63. The molecule has 0 N–H and O–H groups in total. The molecule has 0 aliphatic carbocycles. The molecule has 0 amide bonds. The van der Waals surface area contributed by atoms with E-state index in [1.807, 2.05) is 24.3 Å². The Morgan fingerprint density at radius 2 is 1.31 bits per heavy atom. The Morgan fingerprint density at radius 1 is 0.769 bits per heavy atom. The molecular formula is C22H19O3S+. The molecule has 1 atom stereocenters. The third-order valence-corrected chi connectivity index (χ3v) is 6.41. The van der Waals surface area contributed by atoms with Gasteiger partial charge in [0.05, 0.1) is 17.5 Å². The predicted molar refractivity (Wildman–Crippen MR) is 101 cm³/mol. The average Bonchev–Trinajstić information content (AvgIpc) is 3.10. The molecule has 4 heteroatoms. The van der Waals surface area contributed by atoms with Crippen molar-refractivity contribution in [1.82, 2.24) is 0 Å². The van der Waals surface area contributed by atoms with Crippen molar-refractivity contribution >= 4 is 16.9 Å². The van der Waals surface area contributed by atoms with E-state index in [1.165, 1.54) is 14.7 Å². The highest BCUT2D eigenvalue weighted by Crippen LogP contribution is 2.32. The van der Waals surface area contributed by atoms with Crippen LogP contribution in [0.2, 0.25) is 0 Å². The molecule has 0 aromatic heterocycles. The van der Waals surface area contributed by atoms with Crippen LogP contribution in [0.15, 0.2) is 99.6 Å². The van der Waals surface area contributed by atoms with Gasteiger partial charge in [-0.3, -0.25) is 0 Å². The fourth-order valence-corrected chi connectivity index (χ4v) is 5.01. The molecule has 3 nitrogen and oxygen atoms in total. The molecule has 0 bridgehead atoms. The normalized spacial score (nSPS) is 16.5. The predicted octanol–water partition coefficient (Wildman–Crippen LogP) is 4.48. The van der Waals surface area contributed by atoms with Gasteiger partial charge in [-0.2, -0.15) is 0 Å². The quantitative estimate of drug-likeness (QED) is 0.495. The molecule has 1 aliphatic heterocycles. The van der Waals surface area contributed by atoms with Gasteiger partial charge in [-0.15, -0.1) is 0 Å². The maximum Gasteiger partial charge on any atom is 0.347 e. The minimum Gasteiger partial charge on any atom is -0.479 e. The largest absolute Gasteiger partial charge is 0.479 e. The van der Waals surface area contributed by atoms with Crippen molar-refractivity contribution in [2.45, 2.75) is 27.2 Å². The summed E-state index contributed by atoms with van der Waals surface area (Å²) in [4.78, 5) is 15.3. The number of rotatable bonds is 5. The molecule has 0 radical (unpaired) electrons. The van der Waals surface area contributed by atoms with Crippen LogP contribution in [0.3, 0.4) is 0 Å². The van der Waals surface area contributed by atoms with Crippen molar-refractivity contribution in [1.29, 1.82) is 0 Å². The lowest BCUT2D eigenvalue weighted by Crippen LogP contribution is -2.21. The number of cyclic esters (lactones) is 1. The molecule has 0 saturated carbocycles. The highest BCUT2D eigenvalue weighted by molar-refractivity contribution is 7.97. The van der Waals surface area contributed by atoms with Crippen LogP contribution < -0.4 is 4.74 Å². The molecule has 1 aliphatic rings. The summed E-state index contributed by atoms with van der Waals surface area (Å²) in [6, 6.07) is 29.0. The van der Waals surface area contributed by atoms with Crippen molar-refractivity contribution < 1.29 is 14.3 Å². The van der Waals surface area contributed by atoms with Gasteiger partial charge in [0.15, 0.2) is 20.8 Å². The number of hydrogen-bond donors (Lipinski definition) is 0. The molecule has 1 saturated heterocycles. The van der Waals surface area contributed by atoms with Crippen LogP contribution in [0.4, 0.5) is 0 Å².